The van der Waals surface area contributed by atoms with E-state index in [1.54, 1.807) is 12.1 Å². The molecule has 2 rings (SSSR count). The molecule has 1 fully saturated rings. The molecular weight excluding hydrogens is 201 g/mol. The van der Waals surface area contributed by atoms with Crippen LogP contribution in [0, 0.1) is 11.7 Å². The summed E-state index contributed by atoms with van der Waals surface area (Å²) in [5.41, 5.74) is 6.56. The quantitative estimate of drug-likeness (QED) is 0.802. The molecule has 2 N–H and O–H groups in total. The Morgan fingerprint density at radius 2 is 2.14 bits per heavy atom. The van der Waals surface area contributed by atoms with E-state index in [1.807, 2.05) is 0 Å². The van der Waals surface area contributed by atoms with Gasteiger partial charge in [-0.15, -0.1) is 0 Å². The Balaban J connectivity index is 2.22. The zero-order chi connectivity index (χ0) is 10.1. The first-order valence-corrected chi connectivity index (χ1v) is 5.27. The van der Waals surface area contributed by atoms with Gasteiger partial charge in [-0.3, -0.25) is 0 Å². The summed E-state index contributed by atoms with van der Waals surface area (Å²) in [6, 6.07) is 4.55. The Kier molecular flexibility index (Phi) is 2.75. The van der Waals surface area contributed by atoms with E-state index >= 15 is 0 Å². The minimum absolute atomic E-state index is 0.166. The van der Waals surface area contributed by atoms with Crippen LogP contribution in [-0.4, -0.2) is 0 Å². The van der Waals surface area contributed by atoms with Gasteiger partial charge in [-0.1, -0.05) is 24.1 Å². The van der Waals surface area contributed by atoms with E-state index < -0.39 is 0 Å². The first-order valence-electron chi connectivity index (χ1n) is 4.89. The van der Waals surface area contributed by atoms with Crippen molar-refractivity contribution in [1.29, 1.82) is 0 Å². The molecule has 0 unspecified atom stereocenters. The highest BCUT2D eigenvalue weighted by molar-refractivity contribution is 6.30. The highest BCUT2D eigenvalue weighted by Crippen LogP contribution is 2.37. The molecule has 0 aliphatic heterocycles. The molecule has 1 aliphatic carbocycles. The average Bonchev–Trinajstić information content (AvgIpc) is 2.00. The van der Waals surface area contributed by atoms with Crippen LogP contribution in [0.4, 0.5) is 4.39 Å². The number of hydrogen-bond donors (Lipinski definition) is 1. The highest BCUT2D eigenvalue weighted by Gasteiger charge is 2.27. The largest absolute Gasteiger partial charge is 0.324 e. The number of benzene rings is 1. The number of nitrogens with two attached hydrogens (primary N) is 1. The van der Waals surface area contributed by atoms with E-state index in [1.165, 1.54) is 12.5 Å². The summed E-state index contributed by atoms with van der Waals surface area (Å²) in [6.45, 7) is 0. The Morgan fingerprint density at radius 1 is 1.43 bits per heavy atom. The van der Waals surface area contributed by atoms with Crippen LogP contribution in [0.1, 0.15) is 30.9 Å². The standard InChI is InChI=1S/C11H13ClFN/c12-8-4-5-9(10(13)6-8)11(14)7-2-1-3-7/h4-7,11H,1-3,14H2/t11-/m0/s1. The molecule has 1 nitrogen and oxygen atoms in total. The van der Waals surface area contributed by atoms with Crippen LogP contribution in [0.25, 0.3) is 0 Å². The second-order valence-electron chi connectivity index (χ2n) is 3.88. The van der Waals surface area contributed by atoms with Crippen LogP contribution in [0.5, 0.6) is 0 Å². The summed E-state index contributed by atoms with van der Waals surface area (Å²) in [5.74, 6) is 0.169. The molecule has 76 valence electrons. The van der Waals surface area contributed by atoms with E-state index in [0.29, 0.717) is 16.5 Å². The fraction of sp³-hybridized carbons (Fsp3) is 0.455. The third-order valence-corrected chi connectivity index (χ3v) is 3.21. The molecule has 3 heteroatoms. The predicted molar refractivity (Wildman–Crippen MR) is 55.7 cm³/mol. The van der Waals surface area contributed by atoms with Crippen LogP contribution >= 0.6 is 11.6 Å². The second kappa shape index (κ2) is 3.87. The van der Waals surface area contributed by atoms with Crippen molar-refractivity contribution in [2.24, 2.45) is 11.7 Å². The van der Waals surface area contributed by atoms with Gasteiger partial charge in [-0.05, 0) is 30.9 Å². The monoisotopic (exact) mass is 213 g/mol. The molecule has 1 aromatic carbocycles. The summed E-state index contributed by atoms with van der Waals surface area (Å²) >= 11 is 5.67. The normalized spacial score (nSPS) is 19.1. The van der Waals surface area contributed by atoms with Crippen LogP contribution in [0.3, 0.4) is 0 Å². The van der Waals surface area contributed by atoms with E-state index in [2.05, 4.69) is 0 Å². The number of halogens is 2. The summed E-state index contributed by atoms with van der Waals surface area (Å²) in [7, 11) is 0. The van der Waals surface area contributed by atoms with Crippen molar-refractivity contribution in [2.75, 3.05) is 0 Å². The van der Waals surface area contributed by atoms with E-state index in [0.717, 1.165) is 12.8 Å². The highest BCUT2D eigenvalue weighted by atomic mass is 35.5. The second-order valence-corrected chi connectivity index (χ2v) is 4.32. The van der Waals surface area contributed by atoms with Gasteiger partial charge >= 0.3 is 0 Å². The smallest absolute Gasteiger partial charge is 0.129 e. The fourth-order valence-electron chi connectivity index (χ4n) is 1.82. The number of rotatable bonds is 2. The van der Waals surface area contributed by atoms with Crippen LogP contribution < -0.4 is 5.73 Å². The molecule has 0 radical (unpaired) electrons. The Hall–Kier alpha value is -0.600. The van der Waals surface area contributed by atoms with Crippen molar-refractivity contribution in [3.63, 3.8) is 0 Å². The van der Waals surface area contributed by atoms with Crippen molar-refractivity contribution >= 4 is 11.6 Å². The maximum atomic E-state index is 13.5. The first kappa shape index (κ1) is 9.94. The molecule has 14 heavy (non-hydrogen) atoms. The van der Waals surface area contributed by atoms with Crippen molar-refractivity contribution < 1.29 is 4.39 Å². The van der Waals surface area contributed by atoms with Gasteiger partial charge in [0, 0.05) is 16.6 Å². The van der Waals surface area contributed by atoms with Crippen molar-refractivity contribution in [3.05, 3.63) is 34.6 Å². The molecular formula is C11H13ClFN. The molecule has 1 aliphatic rings. The lowest BCUT2D eigenvalue weighted by Crippen LogP contribution is -2.27. The van der Waals surface area contributed by atoms with Crippen LogP contribution in [-0.2, 0) is 0 Å². The van der Waals surface area contributed by atoms with Gasteiger partial charge in [0.25, 0.3) is 0 Å². The molecule has 0 heterocycles. The SMILES string of the molecule is N[C@H](c1ccc(Cl)cc1F)C1CCC1. The first-order chi connectivity index (χ1) is 6.68. The lowest BCUT2D eigenvalue weighted by Gasteiger charge is -2.31. The maximum Gasteiger partial charge on any atom is 0.129 e. The fourth-order valence-corrected chi connectivity index (χ4v) is 1.98. The van der Waals surface area contributed by atoms with Gasteiger partial charge < -0.3 is 5.73 Å². The average molecular weight is 214 g/mol. The third-order valence-electron chi connectivity index (χ3n) is 2.98. The summed E-state index contributed by atoms with van der Waals surface area (Å²) in [5, 5.41) is 0.423. The minimum atomic E-state index is -0.281. The molecule has 0 spiro atoms. The van der Waals surface area contributed by atoms with E-state index in [4.69, 9.17) is 17.3 Å². The van der Waals surface area contributed by atoms with Gasteiger partial charge in [-0.2, -0.15) is 0 Å². The Morgan fingerprint density at radius 3 is 2.64 bits per heavy atom. The van der Waals surface area contributed by atoms with Crippen molar-refractivity contribution in [2.45, 2.75) is 25.3 Å². The third kappa shape index (κ3) is 1.77. The number of hydrogen-bond acceptors (Lipinski definition) is 1. The van der Waals surface area contributed by atoms with E-state index in [9.17, 15) is 4.39 Å². The molecule has 1 aromatic rings. The lowest BCUT2D eigenvalue weighted by atomic mass is 9.77. The van der Waals surface area contributed by atoms with E-state index in [-0.39, 0.29) is 11.9 Å². The van der Waals surface area contributed by atoms with Gasteiger partial charge in [0.15, 0.2) is 0 Å². The van der Waals surface area contributed by atoms with Crippen LogP contribution in [0.15, 0.2) is 18.2 Å². The zero-order valence-electron chi connectivity index (χ0n) is 7.84. The molecule has 1 saturated carbocycles. The molecule has 0 amide bonds. The summed E-state index contributed by atoms with van der Waals surface area (Å²) < 4.78 is 13.5. The lowest BCUT2D eigenvalue weighted by molar-refractivity contribution is 0.260. The molecule has 0 bridgehead atoms. The summed E-state index contributed by atoms with van der Waals surface area (Å²) in [6.07, 6.45) is 3.44. The minimum Gasteiger partial charge on any atom is -0.324 e. The predicted octanol–water partition coefficient (Wildman–Crippen LogP) is 3.28. The molecule has 0 aromatic heterocycles. The Bertz CT molecular complexity index is 336. The topological polar surface area (TPSA) is 26.0 Å². The molecule has 1 atom stereocenters. The van der Waals surface area contributed by atoms with Crippen molar-refractivity contribution in [1.82, 2.24) is 0 Å². The maximum absolute atomic E-state index is 13.5. The van der Waals surface area contributed by atoms with Gasteiger partial charge in [0.2, 0.25) is 0 Å². The summed E-state index contributed by atoms with van der Waals surface area (Å²) in [4.78, 5) is 0. The van der Waals surface area contributed by atoms with Gasteiger partial charge in [0.1, 0.15) is 5.82 Å². The van der Waals surface area contributed by atoms with Gasteiger partial charge in [-0.25, -0.2) is 4.39 Å². The molecule has 0 saturated heterocycles. The zero-order valence-corrected chi connectivity index (χ0v) is 8.60. The van der Waals surface area contributed by atoms with Gasteiger partial charge in [0.05, 0.1) is 0 Å². The van der Waals surface area contributed by atoms with Crippen molar-refractivity contribution in [3.8, 4) is 0 Å². The van der Waals surface area contributed by atoms with Crippen LogP contribution in [0.2, 0.25) is 5.02 Å². The Labute approximate surface area is 88.1 Å².